The van der Waals surface area contributed by atoms with Gasteiger partial charge < -0.3 is 10.1 Å². The van der Waals surface area contributed by atoms with Gasteiger partial charge in [0.1, 0.15) is 11.8 Å². The van der Waals surface area contributed by atoms with Gasteiger partial charge in [0, 0.05) is 5.69 Å². The van der Waals surface area contributed by atoms with Crippen LogP contribution in [0.25, 0.3) is 0 Å². The number of benzene rings is 2. The van der Waals surface area contributed by atoms with Gasteiger partial charge in [-0.1, -0.05) is 17.7 Å². The molecular formula is C18H21N3O2. The summed E-state index contributed by atoms with van der Waals surface area (Å²) in [4.78, 5) is 12.0. The van der Waals surface area contributed by atoms with Crippen LogP contribution in [0.4, 0.5) is 5.69 Å². The molecule has 120 valence electrons. The van der Waals surface area contributed by atoms with Gasteiger partial charge in [0.25, 0.3) is 5.91 Å². The zero-order chi connectivity index (χ0) is 16.7. The Kier molecular flexibility index (Phi) is 5.74. The lowest BCUT2D eigenvalue weighted by molar-refractivity contribution is -0.121. The van der Waals surface area contributed by atoms with E-state index in [-0.39, 0.29) is 11.9 Å². The second kappa shape index (κ2) is 7.98. The summed E-state index contributed by atoms with van der Waals surface area (Å²) in [5, 5.41) is 7.10. The number of anilines is 1. The highest BCUT2D eigenvalue weighted by atomic mass is 16.5. The Morgan fingerprint density at radius 1 is 1.13 bits per heavy atom. The highest BCUT2D eigenvalue weighted by Crippen LogP contribution is 2.10. The van der Waals surface area contributed by atoms with Gasteiger partial charge in [0.15, 0.2) is 0 Å². The fraction of sp³-hybridized carbons (Fsp3) is 0.222. The van der Waals surface area contributed by atoms with Crippen molar-refractivity contribution in [3.05, 3.63) is 59.7 Å². The van der Waals surface area contributed by atoms with E-state index in [0.717, 1.165) is 17.0 Å². The minimum absolute atomic E-state index is 0.199. The van der Waals surface area contributed by atoms with E-state index in [9.17, 15) is 4.79 Å². The molecular weight excluding hydrogens is 290 g/mol. The smallest absolute Gasteiger partial charge is 0.262 e. The van der Waals surface area contributed by atoms with Crippen molar-refractivity contribution in [3.63, 3.8) is 0 Å². The van der Waals surface area contributed by atoms with Gasteiger partial charge in [0.05, 0.1) is 13.3 Å². The van der Waals surface area contributed by atoms with Crippen LogP contribution in [0.3, 0.4) is 0 Å². The Morgan fingerprint density at radius 2 is 1.78 bits per heavy atom. The Hall–Kier alpha value is -2.82. The first kappa shape index (κ1) is 16.5. The molecule has 0 unspecified atom stereocenters. The molecule has 0 bridgehead atoms. The molecule has 1 atom stereocenters. The van der Waals surface area contributed by atoms with Crippen molar-refractivity contribution in [2.75, 3.05) is 12.4 Å². The first-order valence-electron chi connectivity index (χ1n) is 7.38. The molecule has 23 heavy (non-hydrogen) atoms. The largest absolute Gasteiger partial charge is 0.497 e. The average molecular weight is 311 g/mol. The van der Waals surface area contributed by atoms with Crippen molar-refractivity contribution in [2.45, 2.75) is 19.9 Å². The number of methoxy groups -OCH3 is 1. The second-order valence-corrected chi connectivity index (χ2v) is 5.24. The van der Waals surface area contributed by atoms with Gasteiger partial charge in [-0.25, -0.2) is 5.43 Å². The van der Waals surface area contributed by atoms with Crippen molar-refractivity contribution in [1.29, 1.82) is 0 Å². The van der Waals surface area contributed by atoms with E-state index in [1.165, 1.54) is 5.56 Å². The number of carbonyl (C=O) groups excluding carboxylic acids is 1. The van der Waals surface area contributed by atoms with Gasteiger partial charge in [-0.3, -0.25) is 4.79 Å². The number of hydrogen-bond donors (Lipinski definition) is 2. The Labute approximate surface area is 136 Å². The molecule has 0 aliphatic rings. The lowest BCUT2D eigenvalue weighted by Gasteiger charge is -2.13. The highest BCUT2D eigenvalue weighted by Gasteiger charge is 2.11. The predicted molar refractivity (Wildman–Crippen MR) is 93.0 cm³/mol. The minimum Gasteiger partial charge on any atom is -0.497 e. The van der Waals surface area contributed by atoms with E-state index in [1.807, 2.05) is 55.5 Å². The van der Waals surface area contributed by atoms with Crippen LogP contribution in [0, 0.1) is 6.92 Å². The van der Waals surface area contributed by atoms with E-state index in [1.54, 1.807) is 20.2 Å². The van der Waals surface area contributed by atoms with E-state index >= 15 is 0 Å². The minimum atomic E-state index is -0.384. The maximum atomic E-state index is 12.0. The number of ether oxygens (including phenoxy) is 1. The molecule has 2 rings (SSSR count). The quantitative estimate of drug-likeness (QED) is 0.637. The molecule has 0 spiro atoms. The van der Waals surface area contributed by atoms with Crippen LogP contribution >= 0.6 is 0 Å². The fourth-order valence-electron chi connectivity index (χ4n) is 1.92. The summed E-state index contributed by atoms with van der Waals surface area (Å²) in [6.07, 6.45) is 1.59. The summed E-state index contributed by atoms with van der Waals surface area (Å²) in [7, 11) is 1.62. The standard InChI is InChI=1S/C18H21N3O2/c1-13-4-8-16(9-5-13)20-14(2)18(22)21-19-12-15-6-10-17(23-3)11-7-15/h4-12,14,20H,1-3H3,(H,21,22)/b19-12-/t14-/m0/s1. The average Bonchev–Trinajstić information content (AvgIpc) is 2.57. The van der Waals surface area contributed by atoms with Gasteiger partial charge in [-0.2, -0.15) is 5.10 Å². The maximum absolute atomic E-state index is 12.0. The van der Waals surface area contributed by atoms with Crippen LogP contribution in [-0.4, -0.2) is 25.3 Å². The molecule has 0 fully saturated rings. The number of carbonyl (C=O) groups is 1. The molecule has 1 amide bonds. The summed E-state index contributed by atoms with van der Waals surface area (Å²) < 4.78 is 5.08. The van der Waals surface area contributed by atoms with Crippen molar-refractivity contribution in [2.24, 2.45) is 5.10 Å². The van der Waals surface area contributed by atoms with Crippen LogP contribution < -0.4 is 15.5 Å². The molecule has 0 aliphatic carbocycles. The molecule has 0 saturated carbocycles. The summed E-state index contributed by atoms with van der Waals surface area (Å²) in [5.41, 5.74) is 5.49. The lowest BCUT2D eigenvalue weighted by atomic mass is 10.2. The molecule has 2 aromatic carbocycles. The SMILES string of the molecule is COc1ccc(/C=N\NC(=O)[C@H](C)Nc2ccc(C)cc2)cc1. The summed E-state index contributed by atoms with van der Waals surface area (Å²) in [5.74, 6) is 0.581. The number of nitrogens with one attached hydrogen (secondary N) is 2. The van der Waals surface area contributed by atoms with Crippen molar-refractivity contribution < 1.29 is 9.53 Å². The maximum Gasteiger partial charge on any atom is 0.262 e. The van der Waals surface area contributed by atoms with E-state index < -0.39 is 0 Å². The van der Waals surface area contributed by atoms with Crippen molar-refractivity contribution >= 4 is 17.8 Å². The third kappa shape index (κ3) is 5.14. The fourth-order valence-corrected chi connectivity index (χ4v) is 1.92. The van der Waals surface area contributed by atoms with Gasteiger partial charge in [0.2, 0.25) is 0 Å². The van der Waals surface area contributed by atoms with Crippen LogP contribution in [0.2, 0.25) is 0 Å². The molecule has 0 aromatic heterocycles. The van der Waals surface area contributed by atoms with Crippen LogP contribution in [0.15, 0.2) is 53.6 Å². The van der Waals surface area contributed by atoms with Crippen LogP contribution in [0.1, 0.15) is 18.1 Å². The second-order valence-electron chi connectivity index (χ2n) is 5.24. The third-order valence-electron chi connectivity index (χ3n) is 3.33. The normalized spacial score (nSPS) is 12.0. The van der Waals surface area contributed by atoms with Crippen LogP contribution in [-0.2, 0) is 4.79 Å². The number of nitrogens with zero attached hydrogens (tertiary/aromatic N) is 1. The highest BCUT2D eigenvalue weighted by molar-refractivity contribution is 5.86. The Morgan fingerprint density at radius 3 is 2.39 bits per heavy atom. The van der Waals surface area contributed by atoms with E-state index in [2.05, 4.69) is 15.8 Å². The first-order chi connectivity index (χ1) is 11.1. The van der Waals surface area contributed by atoms with E-state index in [0.29, 0.717) is 0 Å². The summed E-state index contributed by atoms with van der Waals surface area (Å²) in [6, 6.07) is 14.9. The summed E-state index contributed by atoms with van der Waals surface area (Å²) >= 11 is 0. The zero-order valence-electron chi connectivity index (χ0n) is 13.5. The van der Waals surface area contributed by atoms with Crippen LogP contribution in [0.5, 0.6) is 5.75 Å². The monoisotopic (exact) mass is 311 g/mol. The molecule has 2 N–H and O–H groups in total. The molecule has 0 heterocycles. The molecule has 2 aromatic rings. The van der Waals surface area contributed by atoms with Crippen molar-refractivity contribution in [1.82, 2.24) is 5.43 Å². The zero-order valence-corrected chi connectivity index (χ0v) is 13.5. The number of aryl methyl sites for hydroxylation is 1. The Bertz CT molecular complexity index is 664. The number of hydrogen-bond acceptors (Lipinski definition) is 4. The molecule has 5 nitrogen and oxygen atoms in total. The van der Waals surface area contributed by atoms with Crippen molar-refractivity contribution in [3.8, 4) is 5.75 Å². The van der Waals surface area contributed by atoms with Gasteiger partial charge >= 0.3 is 0 Å². The molecule has 5 heteroatoms. The Balaban J connectivity index is 1.85. The first-order valence-corrected chi connectivity index (χ1v) is 7.38. The van der Waals surface area contributed by atoms with Gasteiger partial charge in [-0.15, -0.1) is 0 Å². The molecule has 0 aliphatic heterocycles. The number of rotatable bonds is 6. The third-order valence-corrected chi connectivity index (χ3v) is 3.33. The molecule has 0 saturated heterocycles. The number of hydrazone groups is 1. The topological polar surface area (TPSA) is 62.7 Å². The number of amides is 1. The van der Waals surface area contributed by atoms with E-state index in [4.69, 9.17) is 4.74 Å². The predicted octanol–water partition coefficient (Wildman–Crippen LogP) is 2.95. The van der Waals surface area contributed by atoms with Gasteiger partial charge in [-0.05, 0) is 55.8 Å². The summed E-state index contributed by atoms with van der Waals surface area (Å²) in [6.45, 7) is 3.81. The molecule has 0 radical (unpaired) electrons. The lowest BCUT2D eigenvalue weighted by Crippen LogP contribution is -2.34.